The number of thiazole rings is 1. The lowest BCUT2D eigenvalue weighted by Crippen LogP contribution is -2.48. The third-order valence-electron chi connectivity index (χ3n) is 5.30. The minimum atomic E-state index is 0.259. The number of nitrogens with zero attached hydrogens (tertiary/aromatic N) is 3. The van der Waals surface area contributed by atoms with E-state index in [2.05, 4.69) is 43.0 Å². The number of piperazine rings is 1. The number of rotatable bonds is 4. The van der Waals surface area contributed by atoms with Crippen LogP contribution < -0.4 is 4.90 Å². The molecule has 4 nitrogen and oxygen atoms in total. The predicted molar refractivity (Wildman–Crippen MR) is 113 cm³/mol. The minimum Gasteiger partial charge on any atom is -0.345 e. The molecular weight excluding hydrogens is 354 g/mol. The van der Waals surface area contributed by atoms with Crippen molar-refractivity contribution in [1.82, 2.24) is 9.88 Å². The summed E-state index contributed by atoms with van der Waals surface area (Å²) in [6.07, 6.45) is 1.40. The second-order valence-electron chi connectivity index (χ2n) is 7.23. The Kier molecular flexibility index (Phi) is 5.12. The molecule has 2 heterocycles. The van der Waals surface area contributed by atoms with Crippen molar-refractivity contribution in [3.05, 3.63) is 59.2 Å². The molecule has 27 heavy (non-hydrogen) atoms. The van der Waals surface area contributed by atoms with Crippen LogP contribution >= 0.6 is 11.3 Å². The first-order chi connectivity index (χ1) is 13.1. The minimum absolute atomic E-state index is 0.259. The summed E-state index contributed by atoms with van der Waals surface area (Å²) < 4.78 is 1.28. The van der Waals surface area contributed by atoms with Gasteiger partial charge in [0.1, 0.15) is 0 Å². The molecule has 0 bridgehead atoms. The van der Waals surface area contributed by atoms with E-state index in [1.807, 2.05) is 23.1 Å². The summed E-state index contributed by atoms with van der Waals surface area (Å²) in [5.41, 5.74) is 4.86. The van der Waals surface area contributed by atoms with E-state index in [0.717, 1.165) is 43.2 Å². The van der Waals surface area contributed by atoms with Gasteiger partial charge in [-0.1, -0.05) is 53.8 Å². The van der Waals surface area contributed by atoms with Crippen LogP contribution in [-0.4, -0.2) is 42.0 Å². The molecule has 1 aromatic heterocycles. The zero-order valence-corrected chi connectivity index (χ0v) is 16.8. The number of aromatic nitrogens is 1. The fourth-order valence-corrected chi connectivity index (χ4v) is 4.75. The lowest BCUT2D eigenvalue weighted by atomic mass is 10.1. The SMILES string of the molecule is Cc1ccc(C)c2sc(N3CCN(C(=O)CCc4ccccc4)CC3)nc12. The number of amides is 1. The van der Waals surface area contributed by atoms with Crippen LogP contribution in [0.4, 0.5) is 5.13 Å². The molecule has 0 saturated carbocycles. The standard InChI is InChI=1S/C22H25N3OS/c1-16-8-9-17(2)21-20(16)23-22(27-21)25-14-12-24(13-15-25)19(26)11-10-18-6-4-3-5-7-18/h3-9H,10-15H2,1-2H3. The van der Waals surface area contributed by atoms with Crippen molar-refractivity contribution >= 4 is 32.6 Å². The smallest absolute Gasteiger partial charge is 0.223 e. The molecule has 0 spiro atoms. The third kappa shape index (κ3) is 3.83. The van der Waals surface area contributed by atoms with Crippen LogP contribution in [0, 0.1) is 13.8 Å². The maximum atomic E-state index is 12.5. The Morgan fingerprint density at radius 2 is 1.70 bits per heavy atom. The van der Waals surface area contributed by atoms with E-state index in [9.17, 15) is 4.79 Å². The van der Waals surface area contributed by atoms with Crippen molar-refractivity contribution in [1.29, 1.82) is 0 Å². The van der Waals surface area contributed by atoms with Crippen molar-refractivity contribution in [2.75, 3.05) is 31.1 Å². The number of hydrogen-bond donors (Lipinski definition) is 0. The van der Waals surface area contributed by atoms with Crippen LogP contribution in [-0.2, 0) is 11.2 Å². The Balaban J connectivity index is 1.37. The maximum Gasteiger partial charge on any atom is 0.223 e. The molecule has 0 radical (unpaired) electrons. The van der Waals surface area contributed by atoms with Gasteiger partial charge < -0.3 is 9.80 Å². The highest BCUT2D eigenvalue weighted by Crippen LogP contribution is 2.33. The van der Waals surface area contributed by atoms with E-state index in [-0.39, 0.29) is 5.91 Å². The predicted octanol–water partition coefficient (Wildman–Crippen LogP) is 4.19. The summed E-state index contributed by atoms with van der Waals surface area (Å²) in [5, 5.41) is 1.08. The Morgan fingerprint density at radius 1 is 1.00 bits per heavy atom. The van der Waals surface area contributed by atoms with Crippen LogP contribution in [0.5, 0.6) is 0 Å². The monoisotopic (exact) mass is 379 g/mol. The second-order valence-corrected chi connectivity index (χ2v) is 8.20. The number of benzene rings is 2. The van der Waals surface area contributed by atoms with Crippen molar-refractivity contribution in [3.8, 4) is 0 Å². The second kappa shape index (κ2) is 7.69. The van der Waals surface area contributed by atoms with Crippen molar-refractivity contribution in [2.45, 2.75) is 26.7 Å². The number of anilines is 1. The fraction of sp³-hybridized carbons (Fsp3) is 0.364. The molecule has 1 fully saturated rings. The number of aryl methyl sites for hydroxylation is 3. The molecule has 1 saturated heterocycles. The topological polar surface area (TPSA) is 36.4 Å². The van der Waals surface area contributed by atoms with Gasteiger partial charge in [-0.25, -0.2) is 4.98 Å². The molecule has 0 unspecified atom stereocenters. The van der Waals surface area contributed by atoms with E-state index < -0.39 is 0 Å². The summed E-state index contributed by atoms with van der Waals surface area (Å²) in [6, 6.07) is 14.5. The average molecular weight is 380 g/mol. The first-order valence-corrected chi connectivity index (χ1v) is 10.4. The Hall–Kier alpha value is -2.40. The van der Waals surface area contributed by atoms with Gasteiger partial charge >= 0.3 is 0 Å². The molecule has 1 amide bonds. The Bertz CT molecular complexity index is 904. The van der Waals surface area contributed by atoms with E-state index in [0.29, 0.717) is 6.42 Å². The lowest BCUT2D eigenvalue weighted by molar-refractivity contribution is -0.131. The molecule has 1 aliphatic heterocycles. The maximum absolute atomic E-state index is 12.5. The molecule has 3 aromatic rings. The average Bonchev–Trinajstić information content (AvgIpc) is 3.17. The summed E-state index contributed by atoms with van der Waals surface area (Å²) in [5.74, 6) is 0.259. The van der Waals surface area contributed by atoms with Crippen molar-refractivity contribution in [3.63, 3.8) is 0 Å². The highest BCUT2D eigenvalue weighted by molar-refractivity contribution is 7.22. The van der Waals surface area contributed by atoms with Crippen LogP contribution in [0.1, 0.15) is 23.1 Å². The number of carbonyl (C=O) groups excluding carboxylic acids is 1. The number of hydrogen-bond acceptors (Lipinski definition) is 4. The first-order valence-electron chi connectivity index (χ1n) is 9.55. The van der Waals surface area contributed by atoms with Gasteiger partial charge in [0, 0.05) is 32.6 Å². The van der Waals surface area contributed by atoms with Gasteiger partial charge in [0.05, 0.1) is 10.2 Å². The van der Waals surface area contributed by atoms with E-state index in [1.165, 1.54) is 21.4 Å². The molecule has 140 valence electrons. The van der Waals surface area contributed by atoms with Gasteiger partial charge in [0.15, 0.2) is 5.13 Å². The van der Waals surface area contributed by atoms with Gasteiger partial charge in [-0.2, -0.15) is 0 Å². The van der Waals surface area contributed by atoms with E-state index in [1.54, 1.807) is 11.3 Å². The zero-order valence-electron chi connectivity index (χ0n) is 15.9. The molecular formula is C22H25N3OS. The highest BCUT2D eigenvalue weighted by Gasteiger charge is 2.23. The van der Waals surface area contributed by atoms with Gasteiger partial charge in [-0.3, -0.25) is 4.79 Å². The van der Waals surface area contributed by atoms with Crippen LogP contribution in [0.3, 0.4) is 0 Å². The Labute approximate surface area is 164 Å². The fourth-order valence-electron chi connectivity index (χ4n) is 3.58. The van der Waals surface area contributed by atoms with E-state index >= 15 is 0 Å². The number of carbonyl (C=O) groups is 1. The van der Waals surface area contributed by atoms with Crippen LogP contribution in [0.25, 0.3) is 10.2 Å². The quantitative estimate of drug-likeness (QED) is 0.682. The van der Waals surface area contributed by atoms with Gasteiger partial charge in [-0.15, -0.1) is 0 Å². The summed E-state index contributed by atoms with van der Waals surface area (Å²) >= 11 is 1.77. The van der Waals surface area contributed by atoms with Crippen LogP contribution in [0.15, 0.2) is 42.5 Å². The molecule has 5 heteroatoms. The molecule has 1 aliphatic rings. The molecule has 0 atom stereocenters. The summed E-state index contributed by atoms with van der Waals surface area (Å²) in [4.78, 5) is 21.7. The normalized spacial score (nSPS) is 14.7. The van der Waals surface area contributed by atoms with Crippen molar-refractivity contribution in [2.24, 2.45) is 0 Å². The molecule has 4 rings (SSSR count). The van der Waals surface area contributed by atoms with Gasteiger partial charge in [-0.05, 0) is 37.0 Å². The lowest BCUT2D eigenvalue weighted by Gasteiger charge is -2.34. The number of fused-ring (bicyclic) bond motifs is 1. The van der Waals surface area contributed by atoms with Gasteiger partial charge in [0.25, 0.3) is 0 Å². The summed E-state index contributed by atoms with van der Waals surface area (Å²) in [6.45, 7) is 7.54. The molecule has 0 N–H and O–H groups in total. The van der Waals surface area contributed by atoms with Crippen LogP contribution in [0.2, 0.25) is 0 Å². The van der Waals surface area contributed by atoms with E-state index in [4.69, 9.17) is 4.98 Å². The first kappa shape index (κ1) is 18.0. The van der Waals surface area contributed by atoms with Crippen molar-refractivity contribution < 1.29 is 4.79 Å². The Morgan fingerprint density at radius 3 is 2.41 bits per heavy atom. The summed E-state index contributed by atoms with van der Waals surface area (Å²) in [7, 11) is 0. The van der Waals surface area contributed by atoms with Gasteiger partial charge in [0.2, 0.25) is 5.91 Å². The molecule has 2 aromatic carbocycles. The highest BCUT2D eigenvalue weighted by atomic mass is 32.1. The molecule has 0 aliphatic carbocycles. The third-order valence-corrected chi connectivity index (χ3v) is 6.56. The zero-order chi connectivity index (χ0) is 18.8. The largest absolute Gasteiger partial charge is 0.345 e.